The van der Waals surface area contributed by atoms with Crippen LogP contribution in [0, 0.1) is 0 Å². The van der Waals surface area contributed by atoms with Crippen molar-refractivity contribution < 1.29 is 14.6 Å². The number of carboxylic acid groups (broad SMARTS) is 1. The largest absolute Gasteiger partial charge is 0.477 e. The minimum absolute atomic E-state index is 0.0139. The molecule has 0 aromatic carbocycles. The van der Waals surface area contributed by atoms with E-state index in [4.69, 9.17) is 9.84 Å². The fourth-order valence-electron chi connectivity index (χ4n) is 1.57. The zero-order valence-electron chi connectivity index (χ0n) is 8.93. The third kappa shape index (κ3) is 2.27. The van der Waals surface area contributed by atoms with Crippen LogP contribution in [0.5, 0.6) is 0 Å². The molecule has 0 bridgehead atoms. The zero-order chi connectivity index (χ0) is 11.6. The Morgan fingerprint density at radius 1 is 1.69 bits per heavy atom. The Kier molecular flexibility index (Phi) is 2.74. The van der Waals surface area contributed by atoms with Gasteiger partial charge in [0.2, 0.25) is 5.95 Å². The van der Waals surface area contributed by atoms with Gasteiger partial charge in [0.15, 0.2) is 5.69 Å². The Hall–Kier alpha value is -1.69. The molecule has 2 N–H and O–H groups in total. The molecule has 0 radical (unpaired) electrons. The van der Waals surface area contributed by atoms with Gasteiger partial charge in [-0.05, 0) is 19.4 Å². The summed E-state index contributed by atoms with van der Waals surface area (Å²) in [5.74, 6) is -0.730. The van der Waals surface area contributed by atoms with Gasteiger partial charge in [-0.15, -0.1) is 0 Å². The maximum Gasteiger partial charge on any atom is 0.354 e. The van der Waals surface area contributed by atoms with Crippen LogP contribution < -0.4 is 5.32 Å². The van der Waals surface area contributed by atoms with Gasteiger partial charge in [-0.25, -0.2) is 14.8 Å². The molecule has 1 fully saturated rings. The molecular formula is C10H13N3O3. The number of nitrogens with one attached hydrogen (secondary N) is 1. The number of hydrogen-bond donors (Lipinski definition) is 2. The van der Waals surface area contributed by atoms with Crippen LogP contribution in [0.3, 0.4) is 0 Å². The van der Waals surface area contributed by atoms with Crippen molar-refractivity contribution in [3.63, 3.8) is 0 Å². The second-order valence-corrected chi connectivity index (χ2v) is 4.06. The fourth-order valence-corrected chi connectivity index (χ4v) is 1.57. The summed E-state index contributed by atoms with van der Waals surface area (Å²) < 4.78 is 5.28. The topological polar surface area (TPSA) is 84.3 Å². The van der Waals surface area contributed by atoms with E-state index in [2.05, 4.69) is 15.3 Å². The van der Waals surface area contributed by atoms with Crippen molar-refractivity contribution >= 4 is 11.9 Å². The Bertz CT molecular complexity index is 402. The van der Waals surface area contributed by atoms with Crippen molar-refractivity contribution in [1.29, 1.82) is 0 Å². The first kappa shape index (κ1) is 10.8. The standard InChI is InChI=1S/C10H13N3O3/c1-10(3-5-16-6-10)13-9-11-4-2-7(12-9)8(14)15/h2,4H,3,5-6H2,1H3,(H,14,15)(H,11,12,13). The molecule has 1 atom stereocenters. The van der Waals surface area contributed by atoms with E-state index < -0.39 is 5.97 Å². The lowest BCUT2D eigenvalue weighted by Crippen LogP contribution is -2.35. The van der Waals surface area contributed by atoms with Crippen LogP contribution in [-0.2, 0) is 4.74 Å². The average Bonchev–Trinajstić information content (AvgIpc) is 2.65. The molecule has 16 heavy (non-hydrogen) atoms. The van der Waals surface area contributed by atoms with Crippen molar-refractivity contribution in [2.24, 2.45) is 0 Å². The first-order valence-corrected chi connectivity index (χ1v) is 5.01. The predicted octanol–water partition coefficient (Wildman–Crippen LogP) is 0.766. The molecule has 0 spiro atoms. The number of carboxylic acids is 1. The van der Waals surface area contributed by atoms with E-state index in [0.29, 0.717) is 19.2 Å². The van der Waals surface area contributed by atoms with Crippen LogP contribution in [-0.4, -0.2) is 39.8 Å². The van der Waals surface area contributed by atoms with E-state index in [1.54, 1.807) is 0 Å². The monoisotopic (exact) mass is 223 g/mol. The molecule has 0 amide bonds. The Labute approximate surface area is 92.7 Å². The summed E-state index contributed by atoms with van der Waals surface area (Å²) in [4.78, 5) is 18.6. The number of ether oxygens (including phenoxy) is 1. The minimum atomic E-state index is -1.06. The third-order valence-electron chi connectivity index (χ3n) is 2.51. The highest BCUT2D eigenvalue weighted by Crippen LogP contribution is 2.21. The molecule has 1 unspecified atom stereocenters. The van der Waals surface area contributed by atoms with Crippen LogP contribution in [0.1, 0.15) is 23.8 Å². The van der Waals surface area contributed by atoms with Crippen molar-refractivity contribution in [2.75, 3.05) is 18.5 Å². The van der Waals surface area contributed by atoms with Crippen molar-refractivity contribution in [1.82, 2.24) is 9.97 Å². The third-order valence-corrected chi connectivity index (χ3v) is 2.51. The summed E-state index contributed by atoms with van der Waals surface area (Å²) in [5, 5.41) is 11.9. The van der Waals surface area contributed by atoms with Crippen molar-refractivity contribution in [2.45, 2.75) is 18.9 Å². The van der Waals surface area contributed by atoms with Gasteiger partial charge in [0.05, 0.1) is 12.1 Å². The summed E-state index contributed by atoms with van der Waals surface area (Å²) in [5.41, 5.74) is -0.225. The van der Waals surface area contributed by atoms with Crippen molar-refractivity contribution in [3.8, 4) is 0 Å². The number of anilines is 1. The SMILES string of the molecule is CC1(Nc2nccc(C(=O)O)n2)CCOC1. The minimum Gasteiger partial charge on any atom is -0.477 e. The molecule has 2 heterocycles. The lowest BCUT2D eigenvalue weighted by molar-refractivity contribution is 0.0690. The van der Waals surface area contributed by atoms with Crippen LogP contribution in [0.25, 0.3) is 0 Å². The van der Waals surface area contributed by atoms with E-state index in [-0.39, 0.29) is 11.2 Å². The molecule has 86 valence electrons. The summed E-state index contributed by atoms with van der Waals surface area (Å²) in [7, 11) is 0. The van der Waals surface area contributed by atoms with Gasteiger partial charge < -0.3 is 15.2 Å². The van der Waals surface area contributed by atoms with Gasteiger partial charge in [0.1, 0.15) is 0 Å². The van der Waals surface area contributed by atoms with E-state index in [9.17, 15) is 4.79 Å². The molecule has 6 nitrogen and oxygen atoms in total. The molecule has 1 saturated heterocycles. The lowest BCUT2D eigenvalue weighted by atomic mass is 10.0. The maximum atomic E-state index is 10.7. The van der Waals surface area contributed by atoms with E-state index in [1.165, 1.54) is 12.3 Å². The van der Waals surface area contributed by atoms with E-state index in [0.717, 1.165) is 6.42 Å². The quantitative estimate of drug-likeness (QED) is 0.787. The molecule has 1 aromatic rings. The number of nitrogens with zero attached hydrogens (tertiary/aromatic N) is 2. The Morgan fingerprint density at radius 2 is 2.50 bits per heavy atom. The predicted molar refractivity (Wildman–Crippen MR) is 56.5 cm³/mol. The normalized spacial score (nSPS) is 24.3. The van der Waals surface area contributed by atoms with Gasteiger partial charge in [0, 0.05) is 12.8 Å². The maximum absolute atomic E-state index is 10.7. The summed E-state index contributed by atoms with van der Waals surface area (Å²) >= 11 is 0. The fraction of sp³-hybridized carbons (Fsp3) is 0.500. The lowest BCUT2D eigenvalue weighted by Gasteiger charge is -2.23. The van der Waals surface area contributed by atoms with Crippen LogP contribution in [0.15, 0.2) is 12.3 Å². The molecule has 2 rings (SSSR count). The zero-order valence-corrected chi connectivity index (χ0v) is 8.93. The smallest absolute Gasteiger partial charge is 0.354 e. The highest BCUT2D eigenvalue weighted by atomic mass is 16.5. The second-order valence-electron chi connectivity index (χ2n) is 4.06. The molecule has 1 aromatic heterocycles. The van der Waals surface area contributed by atoms with Crippen LogP contribution in [0.2, 0.25) is 0 Å². The Balaban J connectivity index is 2.15. The molecule has 0 saturated carbocycles. The van der Waals surface area contributed by atoms with Crippen LogP contribution >= 0.6 is 0 Å². The van der Waals surface area contributed by atoms with Gasteiger partial charge in [-0.3, -0.25) is 0 Å². The Morgan fingerprint density at radius 3 is 3.12 bits per heavy atom. The number of carbonyl (C=O) groups is 1. The molecular weight excluding hydrogens is 210 g/mol. The summed E-state index contributed by atoms with van der Waals surface area (Å²) in [6.07, 6.45) is 2.28. The molecule has 6 heteroatoms. The number of aromatic nitrogens is 2. The molecule has 0 aliphatic carbocycles. The van der Waals surface area contributed by atoms with E-state index >= 15 is 0 Å². The van der Waals surface area contributed by atoms with Crippen molar-refractivity contribution in [3.05, 3.63) is 18.0 Å². The molecule has 1 aliphatic heterocycles. The summed E-state index contributed by atoms with van der Waals surface area (Å²) in [6.45, 7) is 3.27. The summed E-state index contributed by atoms with van der Waals surface area (Å²) in [6, 6.07) is 1.36. The van der Waals surface area contributed by atoms with E-state index in [1.807, 2.05) is 6.92 Å². The molecule has 1 aliphatic rings. The highest BCUT2D eigenvalue weighted by molar-refractivity contribution is 5.85. The highest BCUT2D eigenvalue weighted by Gasteiger charge is 2.30. The first-order valence-electron chi connectivity index (χ1n) is 5.01. The van der Waals surface area contributed by atoms with Gasteiger partial charge in [-0.2, -0.15) is 0 Å². The average molecular weight is 223 g/mol. The number of aromatic carboxylic acids is 1. The van der Waals surface area contributed by atoms with Gasteiger partial charge in [-0.1, -0.05) is 0 Å². The van der Waals surface area contributed by atoms with Crippen LogP contribution in [0.4, 0.5) is 5.95 Å². The van der Waals surface area contributed by atoms with Gasteiger partial charge >= 0.3 is 5.97 Å². The number of hydrogen-bond acceptors (Lipinski definition) is 5. The number of rotatable bonds is 3. The second kappa shape index (κ2) is 4.05. The first-order chi connectivity index (χ1) is 7.59. The van der Waals surface area contributed by atoms with Gasteiger partial charge in [0.25, 0.3) is 0 Å².